The molecule has 0 amide bonds. The van der Waals surface area contributed by atoms with Crippen molar-refractivity contribution in [2.75, 3.05) is 0 Å². The van der Waals surface area contributed by atoms with Crippen molar-refractivity contribution in [3.8, 4) is 0 Å². The second-order valence-corrected chi connectivity index (χ2v) is 6.33. The Morgan fingerprint density at radius 1 is 0.964 bits per heavy atom. The van der Waals surface area contributed by atoms with Crippen molar-refractivity contribution in [1.82, 2.24) is 9.97 Å². The molecule has 2 heterocycles. The average molecular weight is 370 g/mol. The molecule has 0 aromatic carbocycles. The third-order valence-electron chi connectivity index (χ3n) is 3.89. The van der Waals surface area contributed by atoms with E-state index in [9.17, 15) is 0 Å². The van der Waals surface area contributed by atoms with Crippen LogP contribution in [0.2, 0.25) is 0 Å². The van der Waals surface area contributed by atoms with E-state index in [4.69, 9.17) is 4.74 Å². The highest BCUT2D eigenvalue weighted by Crippen LogP contribution is 2.22. The third kappa shape index (κ3) is 6.69. The van der Waals surface area contributed by atoms with Crippen molar-refractivity contribution in [3.05, 3.63) is 114 Å². The van der Waals surface area contributed by atoms with E-state index < -0.39 is 0 Å². The van der Waals surface area contributed by atoms with Gasteiger partial charge in [-0.25, -0.2) is 9.97 Å². The Bertz CT molecular complexity index is 1020. The smallest absolute Gasteiger partial charge is 0.129 e. The van der Waals surface area contributed by atoms with Crippen molar-refractivity contribution < 1.29 is 4.74 Å². The number of aromatic nitrogens is 2. The molecule has 0 N–H and O–H groups in total. The maximum Gasteiger partial charge on any atom is 0.129 e. The molecule has 1 aromatic rings. The summed E-state index contributed by atoms with van der Waals surface area (Å²) >= 11 is 0. The molecule has 0 atom stereocenters. The summed E-state index contributed by atoms with van der Waals surface area (Å²) in [5, 5.41) is 1.33. The summed E-state index contributed by atoms with van der Waals surface area (Å²) in [6.07, 6.45) is 15.4. The normalized spacial score (nSPS) is 21.2. The predicted molar refractivity (Wildman–Crippen MR) is 119 cm³/mol. The van der Waals surface area contributed by atoms with Crippen molar-refractivity contribution in [1.29, 1.82) is 0 Å². The van der Waals surface area contributed by atoms with E-state index in [-0.39, 0.29) is 0 Å². The molecule has 2 rings (SSSR count). The number of hydrogen-bond donors (Lipinski definition) is 0. The van der Waals surface area contributed by atoms with Crippen LogP contribution in [0.5, 0.6) is 0 Å². The fourth-order valence-electron chi connectivity index (χ4n) is 2.52. The van der Waals surface area contributed by atoms with Crippen LogP contribution in [0.3, 0.4) is 0 Å². The second-order valence-electron chi connectivity index (χ2n) is 6.33. The zero-order chi connectivity index (χ0) is 20.4. The molecule has 0 radical (unpaired) electrons. The average Bonchev–Trinajstić information content (AvgIpc) is 2.65. The summed E-state index contributed by atoms with van der Waals surface area (Å²) in [5.41, 5.74) is 2.40. The van der Waals surface area contributed by atoms with Crippen LogP contribution in [0.1, 0.15) is 25.5 Å². The van der Waals surface area contributed by atoms with Gasteiger partial charge in [0.25, 0.3) is 0 Å². The Balaban J connectivity index is 2.59. The summed E-state index contributed by atoms with van der Waals surface area (Å²) in [7, 11) is 0. The van der Waals surface area contributed by atoms with E-state index in [1.54, 1.807) is 6.07 Å². The third-order valence-corrected chi connectivity index (χ3v) is 3.89. The summed E-state index contributed by atoms with van der Waals surface area (Å²) < 4.78 is 5.87. The molecule has 0 aliphatic carbocycles. The van der Waals surface area contributed by atoms with Crippen LogP contribution in [-0.4, -0.2) is 9.97 Å². The van der Waals surface area contributed by atoms with Crippen molar-refractivity contribution >= 4 is 18.7 Å². The Labute approximate surface area is 167 Å². The zero-order valence-corrected chi connectivity index (χ0v) is 16.4. The molecule has 0 unspecified atom stereocenters. The van der Waals surface area contributed by atoms with Gasteiger partial charge in [0.1, 0.15) is 17.8 Å². The molecule has 1 aliphatic heterocycles. The van der Waals surface area contributed by atoms with E-state index in [0.29, 0.717) is 28.1 Å². The number of hydrogen-bond acceptors (Lipinski definition) is 3. The minimum Gasteiger partial charge on any atom is -0.458 e. The van der Waals surface area contributed by atoms with Crippen LogP contribution in [0, 0.1) is 0 Å². The van der Waals surface area contributed by atoms with E-state index in [1.807, 2.05) is 43.4 Å². The Kier molecular flexibility index (Phi) is 7.92. The molecule has 0 saturated carbocycles. The van der Waals surface area contributed by atoms with E-state index in [0.717, 1.165) is 23.6 Å². The van der Waals surface area contributed by atoms with Gasteiger partial charge in [-0.1, -0.05) is 68.8 Å². The van der Waals surface area contributed by atoms with Crippen molar-refractivity contribution in [2.45, 2.75) is 19.8 Å². The molecule has 142 valence electrons. The summed E-state index contributed by atoms with van der Waals surface area (Å²) in [5.74, 6) is 0.947. The van der Waals surface area contributed by atoms with Gasteiger partial charge in [0.05, 0.1) is 11.0 Å². The Morgan fingerprint density at radius 2 is 1.71 bits per heavy atom. The maximum atomic E-state index is 5.87. The monoisotopic (exact) mass is 370 g/mol. The van der Waals surface area contributed by atoms with Gasteiger partial charge in [-0.3, -0.25) is 0 Å². The van der Waals surface area contributed by atoms with Crippen LogP contribution in [0.4, 0.5) is 0 Å². The lowest BCUT2D eigenvalue weighted by Crippen LogP contribution is -2.09. The maximum absolute atomic E-state index is 5.87. The van der Waals surface area contributed by atoms with E-state index in [2.05, 4.69) is 54.5 Å². The molecular formula is C25H26N2O. The fraction of sp³-hybridized carbons (Fsp3) is 0.120. The van der Waals surface area contributed by atoms with Crippen LogP contribution < -0.4 is 10.6 Å². The lowest BCUT2D eigenvalue weighted by atomic mass is 10.1. The quantitative estimate of drug-likeness (QED) is 0.719. The highest BCUT2D eigenvalue weighted by molar-refractivity contribution is 5.76. The predicted octanol–water partition coefficient (Wildman–Crippen LogP) is 4.70. The Hall–Kier alpha value is -3.46. The SMILES string of the molecule is C=C1/C=C(C)\C=C/CC/C=C\C=C(\c2ncnc(=C)ccccc2=C)C(=C)O1. The molecule has 0 spiro atoms. The number of rotatable bonds is 1. The molecule has 3 nitrogen and oxygen atoms in total. The van der Waals surface area contributed by atoms with Gasteiger partial charge in [0.2, 0.25) is 0 Å². The standard InChI is InChI=1S/C25H26N2O/c1-19-13-9-7-6-8-10-16-24(23(5)28-22(4)17-19)25-20(2)14-11-12-15-21(3)26-18-27-25/h8-18H,2-7H2,1H3/b10-8-,13-9-,14-11?,15-12?,19-17-,24-16+,26-18?,27-25?. The highest BCUT2D eigenvalue weighted by Gasteiger charge is 2.10. The minimum atomic E-state index is 0.440. The molecule has 0 bridgehead atoms. The van der Waals surface area contributed by atoms with Gasteiger partial charge < -0.3 is 4.74 Å². The van der Waals surface area contributed by atoms with Gasteiger partial charge >= 0.3 is 0 Å². The van der Waals surface area contributed by atoms with Crippen LogP contribution in [-0.2, 0) is 4.74 Å². The van der Waals surface area contributed by atoms with Crippen LogP contribution >= 0.6 is 0 Å². The molecule has 0 saturated heterocycles. The number of allylic oxidation sites excluding steroid dienone is 8. The van der Waals surface area contributed by atoms with Gasteiger partial charge in [-0.05, 0) is 48.8 Å². The first-order chi connectivity index (χ1) is 13.5. The summed E-state index contributed by atoms with van der Waals surface area (Å²) in [4.78, 5) is 8.71. The molecule has 28 heavy (non-hydrogen) atoms. The van der Waals surface area contributed by atoms with Crippen LogP contribution in [0.25, 0.3) is 18.7 Å². The van der Waals surface area contributed by atoms with Gasteiger partial charge in [0.15, 0.2) is 0 Å². The van der Waals surface area contributed by atoms with E-state index in [1.165, 1.54) is 6.33 Å². The lowest BCUT2D eigenvalue weighted by Gasteiger charge is -2.12. The highest BCUT2D eigenvalue weighted by atomic mass is 16.5. The minimum absolute atomic E-state index is 0.440. The van der Waals surface area contributed by atoms with Gasteiger partial charge in [0, 0.05) is 5.57 Å². The van der Waals surface area contributed by atoms with E-state index >= 15 is 0 Å². The van der Waals surface area contributed by atoms with Gasteiger partial charge in [-0.15, -0.1) is 0 Å². The lowest BCUT2D eigenvalue weighted by molar-refractivity contribution is 0.344. The first-order valence-corrected chi connectivity index (χ1v) is 9.08. The molecular weight excluding hydrogens is 344 g/mol. The zero-order valence-electron chi connectivity index (χ0n) is 16.4. The topological polar surface area (TPSA) is 35.0 Å². The molecule has 3 heteroatoms. The van der Waals surface area contributed by atoms with Crippen molar-refractivity contribution in [2.24, 2.45) is 0 Å². The first kappa shape index (κ1) is 20.8. The van der Waals surface area contributed by atoms with Crippen molar-refractivity contribution in [3.63, 3.8) is 0 Å². The van der Waals surface area contributed by atoms with Gasteiger partial charge in [-0.2, -0.15) is 0 Å². The van der Waals surface area contributed by atoms with Crippen LogP contribution in [0.15, 0.2) is 97.3 Å². The first-order valence-electron chi connectivity index (χ1n) is 9.08. The number of nitrogens with zero attached hydrogens (tertiary/aromatic N) is 2. The number of ether oxygens (including phenoxy) is 1. The Morgan fingerprint density at radius 3 is 2.54 bits per heavy atom. The summed E-state index contributed by atoms with van der Waals surface area (Å²) in [6.45, 7) is 18.1. The molecule has 1 aromatic heterocycles. The fourth-order valence-corrected chi connectivity index (χ4v) is 2.52. The second kappa shape index (κ2) is 10.6. The molecule has 0 fully saturated rings. The largest absolute Gasteiger partial charge is 0.458 e. The molecule has 1 aliphatic rings. The summed E-state index contributed by atoms with van der Waals surface area (Å²) in [6, 6.07) is 7.42.